The molecule has 0 aromatic heterocycles. The van der Waals surface area contributed by atoms with Crippen molar-refractivity contribution in [3.63, 3.8) is 0 Å². The SMILES string of the molecule is COc1ccc(S(=O)(=O)NCC(C)(C)[NH+]2CCOCC2)cc1NC(C)=O. The molecule has 0 saturated carbocycles. The number of nitrogens with one attached hydrogen (secondary N) is 3. The van der Waals surface area contributed by atoms with Crippen LogP contribution in [0.5, 0.6) is 5.75 Å². The first-order chi connectivity index (χ1) is 12.2. The zero-order valence-corrected chi connectivity index (χ0v) is 16.5. The number of ether oxygens (including phenoxy) is 2. The van der Waals surface area contributed by atoms with Gasteiger partial charge in [0.2, 0.25) is 15.9 Å². The van der Waals surface area contributed by atoms with E-state index in [1.807, 2.05) is 13.8 Å². The number of benzene rings is 1. The van der Waals surface area contributed by atoms with Crippen LogP contribution in [0.15, 0.2) is 23.1 Å². The summed E-state index contributed by atoms with van der Waals surface area (Å²) >= 11 is 0. The number of carbonyl (C=O) groups is 1. The standard InChI is InChI=1S/C17H27N3O5S/c1-13(21)19-15-11-14(5-6-16(15)24-4)26(22,23)18-12-17(2,3)20-7-9-25-10-8-20/h5-6,11,18H,7-10,12H2,1-4H3,(H,19,21)/p+1. The lowest BCUT2D eigenvalue weighted by atomic mass is 10.0. The summed E-state index contributed by atoms with van der Waals surface area (Å²) in [5, 5.41) is 2.59. The molecule has 1 aliphatic rings. The van der Waals surface area contributed by atoms with Crippen LogP contribution in [0.1, 0.15) is 20.8 Å². The van der Waals surface area contributed by atoms with E-state index in [-0.39, 0.29) is 16.3 Å². The van der Waals surface area contributed by atoms with Crippen molar-refractivity contribution in [2.45, 2.75) is 31.2 Å². The van der Waals surface area contributed by atoms with Gasteiger partial charge < -0.3 is 19.7 Å². The van der Waals surface area contributed by atoms with Crippen LogP contribution in [0.4, 0.5) is 5.69 Å². The Balaban J connectivity index is 2.15. The second kappa shape index (κ2) is 8.34. The van der Waals surface area contributed by atoms with Gasteiger partial charge in [-0.05, 0) is 32.0 Å². The fraction of sp³-hybridized carbons (Fsp3) is 0.588. The first kappa shape index (κ1) is 20.6. The largest absolute Gasteiger partial charge is 0.495 e. The molecule has 2 rings (SSSR count). The van der Waals surface area contributed by atoms with Crippen molar-refractivity contribution in [2.24, 2.45) is 0 Å². The lowest BCUT2D eigenvalue weighted by Gasteiger charge is -2.37. The van der Waals surface area contributed by atoms with E-state index >= 15 is 0 Å². The molecule has 0 aliphatic carbocycles. The fourth-order valence-corrected chi connectivity index (χ4v) is 4.16. The number of anilines is 1. The number of sulfonamides is 1. The third kappa shape index (κ3) is 5.16. The van der Waals surface area contributed by atoms with Crippen molar-refractivity contribution in [1.82, 2.24) is 4.72 Å². The Bertz CT molecular complexity index is 743. The Kier molecular flexibility index (Phi) is 6.62. The Morgan fingerprint density at radius 2 is 1.96 bits per heavy atom. The highest BCUT2D eigenvalue weighted by atomic mass is 32.2. The second-order valence-electron chi connectivity index (χ2n) is 6.97. The van der Waals surface area contributed by atoms with E-state index in [4.69, 9.17) is 9.47 Å². The predicted octanol–water partition coefficient (Wildman–Crippen LogP) is -0.374. The van der Waals surface area contributed by atoms with Crippen molar-refractivity contribution < 1.29 is 27.6 Å². The Morgan fingerprint density at radius 3 is 2.54 bits per heavy atom. The van der Waals surface area contributed by atoms with Crippen LogP contribution in [-0.2, 0) is 19.6 Å². The van der Waals surface area contributed by atoms with Crippen LogP contribution in [-0.4, -0.2) is 59.8 Å². The van der Waals surface area contributed by atoms with Crippen molar-refractivity contribution in [3.05, 3.63) is 18.2 Å². The summed E-state index contributed by atoms with van der Waals surface area (Å²) in [5.41, 5.74) is 0.0602. The van der Waals surface area contributed by atoms with E-state index in [2.05, 4.69) is 10.0 Å². The van der Waals surface area contributed by atoms with Crippen LogP contribution in [0, 0.1) is 0 Å². The maximum Gasteiger partial charge on any atom is 0.240 e. The van der Waals surface area contributed by atoms with Gasteiger partial charge in [0.15, 0.2) is 0 Å². The molecule has 1 amide bonds. The molecule has 1 aromatic rings. The highest BCUT2D eigenvalue weighted by molar-refractivity contribution is 7.89. The molecule has 1 heterocycles. The maximum atomic E-state index is 12.7. The van der Waals surface area contributed by atoms with Gasteiger partial charge in [0, 0.05) is 6.92 Å². The normalized spacial score (nSPS) is 16.3. The Morgan fingerprint density at radius 1 is 1.31 bits per heavy atom. The lowest BCUT2D eigenvalue weighted by molar-refractivity contribution is -0.954. The van der Waals surface area contributed by atoms with Gasteiger partial charge in [-0.3, -0.25) is 4.79 Å². The summed E-state index contributed by atoms with van der Waals surface area (Å²) < 4.78 is 38.6. The molecule has 9 heteroatoms. The van der Waals surface area contributed by atoms with Crippen LogP contribution < -0.4 is 19.7 Å². The summed E-state index contributed by atoms with van der Waals surface area (Å²) in [6.07, 6.45) is 0. The third-order valence-corrected chi connectivity index (χ3v) is 5.95. The summed E-state index contributed by atoms with van der Waals surface area (Å²) in [6, 6.07) is 4.39. The van der Waals surface area contributed by atoms with E-state index in [1.54, 1.807) is 0 Å². The minimum Gasteiger partial charge on any atom is -0.495 e. The van der Waals surface area contributed by atoms with E-state index in [0.29, 0.717) is 31.2 Å². The van der Waals surface area contributed by atoms with Crippen molar-refractivity contribution in [1.29, 1.82) is 0 Å². The fourth-order valence-electron chi connectivity index (χ4n) is 2.92. The van der Waals surface area contributed by atoms with E-state index in [1.165, 1.54) is 37.1 Å². The Hall–Kier alpha value is -1.68. The van der Waals surface area contributed by atoms with Gasteiger partial charge in [-0.25, -0.2) is 13.1 Å². The molecule has 1 aromatic carbocycles. The number of quaternary nitrogens is 1. The average Bonchev–Trinajstić information content (AvgIpc) is 2.60. The van der Waals surface area contributed by atoms with Gasteiger partial charge in [0.05, 0.1) is 37.5 Å². The minimum absolute atomic E-state index is 0.0785. The molecule has 8 nitrogen and oxygen atoms in total. The molecule has 1 fully saturated rings. The van der Waals surface area contributed by atoms with Crippen molar-refractivity contribution >= 4 is 21.6 Å². The van der Waals surface area contributed by atoms with E-state index < -0.39 is 10.0 Å². The van der Waals surface area contributed by atoms with Gasteiger partial charge in [-0.2, -0.15) is 0 Å². The number of rotatable bonds is 7. The maximum absolute atomic E-state index is 12.7. The zero-order chi connectivity index (χ0) is 19.4. The van der Waals surface area contributed by atoms with Crippen LogP contribution in [0.25, 0.3) is 0 Å². The van der Waals surface area contributed by atoms with E-state index in [0.717, 1.165) is 13.1 Å². The molecular formula is C17H28N3O5S+. The Labute approximate surface area is 154 Å². The van der Waals surface area contributed by atoms with Gasteiger partial charge in [0.25, 0.3) is 0 Å². The molecule has 1 saturated heterocycles. The van der Waals surface area contributed by atoms with Crippen molar-refractivity contribution in [2.75, 3.05) is 45.3 Å². The highest BCUT2D eigenvalue weighted by Crippen LogP contribution is 2.27. The molecule has 0 atom stereocenters. The summed E-state index contributed by atoms with van der Waals surface area (Å²) in [6.45, 7) is 8.79. The number of amides is 1. The monoisotopic (exact) mass is 386 g/mol. The topological polar surface area (TPSA) is 98.2 Å². The smallest absolute Gasteiger partial charge is 0.240 e. The van der Waals surface area contributed by atoms with Gasteiger partial charge >= 0.3 is 0 Å². The van der Waals surface area contributed by atoms with Crippen LogP contribution in [0.2, 0.25) is 0 Å². The minimum atomic E-state index is -3.72. The molecule has 0 spiro atoms. The van der Waals surface area contributed by atoms with Crippen LogP contribution >= 0.6 is 0 Å². The van der Waals surface area contributed by atoms with E-state index in [9.17, 15) is 13.2 Å². The molecule has 0 radical (unpaired) electrons. The molecule has 3 N–H and O–H groups in total. The van der Waals surface area contributed by atoms with Gasteiger partial charge in [0.1, 0.15) is 24.4 Å². The first-order valence-corrected chi connectivity index (χ1v) is 10.0. The van der Waals surface area contributed by atoms with Gasteiger partial charge in [-0.1, -0.05) is 0 Å². The predicted molar refractivity (Wildman–Crippen MR) is 98.1 cm³/mol. The quantitative estimate of drug-likeness (QED) is 0.594. The number of hydrogen-bond donors (Lipinski definition) is 3. The number of carbonyl (C=O) groups excluding carboxylic acids is 1. The molecule has 0 bridgehead atoms. The summed E-state index contributed by atoms with van der Waals surface area (Å²) in [5.74, 6) is 0.0973. The lowest BCUT2D eigenvalue weighted by Crippen LogP contribution is -3.22. The number of hydrogen-bond acceptors (Lipinski definition) is 5. The molecule has 26 heavy (non-hydrogen) atoms. The molecule has 1 aliphatic heterocycles. The zero-order valence-electron chi connectivity index (χ0n) is 15.7. The molecule has 0 unspecified atom stereocenters. The molecule has 146 valence electrons. The summed E-state index contributed by atoms with van der Waals surface area (Å²) in [7, 11) is -2.26. The molecular weight excluding hydrogens is 358 g/mol. The first-order valence-electron chi connectivity index (χ1n) is 8.54. The number of methoxy groups -OCH3 is 1. The van der Waals surface area contributed by atoms with Crippen LogP contribution in [0.3, 0.4) is 0 Å². The summed E-state index contributed by atoms with van der Waals surface area (Å²) in [4.78, 5) is 12.7. The van der Waals surface area contributed by atoms with Gasteiger partial charge in [-0.15, -0.1) is 0 Å². The second-order valence-corrected chi connectivity index (χ2v) is 8.73. The number of morpholine rings is 1. The average molecular weight is 386 g/mol. The highest BCUT2D eigenvalue weighted by Gasteiger charge is 2.33. The van der Waals surface area contributed by atoms with Crippen molar-refractivity contribution in [3.8, 4) is 5.75 Å². The third-order valence-electron chi connectivity index (χ3n) is 4.55.